The maximum Gasteiger partial charge on any atom is 0.234 e. The highest BCUT2D eigenvalue weighted by molar-refractivity contribution is 8.00. The van der Waals surface area contributed by atoms with Crippen LogP contribution in [-0.4, -0.2) is 28.4 Å². The fourth-order valence-corrected chi connectivity index (χ4v) is 3.66. The molecule has 1 fully saturated rings. The van der Waals surface area contributed by atoms with E-state index in [0.717, 1.165) is 5.56 Å². The molecule has 1 aliphatic rings. The Morgan fingerprint density at radius 3 is 2.79 bits per heavy atom. The molecule has 102 valence electrons. The fourth-order valence-electron chi connectivity index (χ4n) is 2.21. The quantitative estimate of drug-likeness (QED) is 0.816. The molecule has 0 radical (unpaired) electrons. The first-order valence-corrected chi connectivity index (χ1v) is 7.88. The van der Waals surface area contributed by atoms with Gasteiger partial charge in [0.05, 0.1) is 4.99 Å². The van der Waals surface area contributed by atoms with Crippen LogP contribution in [0.2, 0.25) is 0 Å². The van der Waals surface area contributed by atoms with Gasteiger partial charge < -0.3 is 11.1 Å². The standard InChI is InChI=1S/C14H18N2OS2/c15-13(18)12(10-5-2-1-3-6-10)14(17)16-9-11-7-4-8-19-11/h1-3,5-6,11-12H,4,7-9H2,(H2,15,18)(H,16,17). The Kier molecular flexibility index (Phi) is 5.22. The minimum Gasteiger partial charge on any atom is -0.392 e. The number of nitrogens with two attached hydrogens (primary N) is 1. The minimum atomic E-state index is -0.525. The second-order valence-electron chi connectivity index (χ2n) is 4.63. The summed E-state index contributed by atoms with van der Waals surface area (Å²) in [7, 11) is 0. The van der Waals surface area contributed by atoms with E-state index in [1.165, 1.54) is 18.6 Å². The van der Waals surface area contributed by atoms with E-state index >= 15 is 0 Å². The Labute approximate surface area is 123 Å². The Bertz CT molecular complexity index is 444. The molecule has 0 aromatic heterocycles. The molecule has 1 heterocycles. The summed E-state index contributed by atoms with van der Waals surface area (Å²) in [5, 5.41) is 3.51. The maximum absolute atomic E-state index is 12.3. The molecule has 2 rings (SSSR count). The van der Waals surface area contributed by atoms with Crippen molar-refractivity contribution in [2.45, 2.75) is 24.0 Å². The molecule has 2 atom stereocenters. The number of nitrogens with one attached hydrogen (secondary N) is 1. The molecule has 0 saturated carbocycles. The zero-order chi connectivity index (χ0) is 13.7. The number of thiocarbonyl (C=S) groups is 1. The average Bonchev–Trinajstić information content (AvgIpc) is 2.90. The zero-order valence-corrected chi connectivity index (χ0v) is 12.3. The predicted molar refractivity (Wildman–Crippen MR) is 84.5 cm³/mol. The molecule has 2 unspecified atom stereocenters. The third-order valence-corrected chi connectivity index (χ3v) is 4.84. The lowest BCUT2D eigenvalue weighted by Gasteiger charge is -2.17. The SMILES string of the molecule is NC(=S)C(C(=O)NCC1CCCS1)c1ccccc1. The van der Waals surface area contributed by atoms with E-state index < -0.39 is 5.92 Å². The van der Waals surface area contributed by atoms with Crippen LogP contribution >= 0.6 is 24.0 Å². The molecule has 1 aliphatic heterocycles. The molecule has 0 spiro atoms. The van der Waals surface area contributed by atoms with Crippen LogP contribution in [0, 0.1) is 0 Å². The highest BCUT2D eigenvalue weighted by Gasteiger charge is 2.24. The van der Waals surface area contributed by atoms with Crippen molar-refractivity contribution in [2.24, 2.45) is 5.73 Å². The molecule has 1 aromatic rings. The van der Waals surface area contributed by atoms with Crippen LogP contribution in [0.5, 0.6) is 0 Å². The van der Waals surface area contributed by atoms with Crippen molar-refractivity contribution in [1.29, 1.82) is 0 Å². The summed E-state index contributed by atoms with van der Waals surface area (Å²) in [5.74, 6) is 0.576. The number of rotatable bonds is 5. The molecular weight excluding hydrogens is 276 g/mol. The third kappa shape index (κ3) is 3.94. The van der Waals surface area contributed by atoms with Crippen molar-refractivity contribution in [1.82, 2.24) is 5.32 Å². The van der Waals surface area contributed by atoms with Crippen molar-refractivity contribution in [3.8, 4) is 0 Å². The molecule has 19 heavy (non-hydrogen) atoms. The number of carbonyl (C=O) groups is 1. The molecule has 1 saturated heterocycles. The molecule has 1 aromatic carbocycles. The van der Waals surface area contributed by atoms with Crippen molar-refractivity contribution in [2.75, 3.05) is 12.3 Å². The summed E-state index contributed by atoms with van der Waals surface area (Å²) in [4.78, 5) is 12.5. The maximum atomic E-state index is 12.3. The van der Waals surface area contributed by atoms with Gasteiger partial charge in [0.15, 0.2) is 0 Å². The molecular formula is C14H18N2OS2. The van der Waals surface area contributed by atoms with Crippen molar-refractivity contribution < 1.29 is 4.79 Å². The monoisotopic (exact) mass is 294 g/mol. The first-order chi connectivity index (χ1) is 9.18. The van der Waals surface area contributed by atoms with Gasteiger partial charge in [-0.25, -0.2) is 0 Å². The van der Waals surface area contributed by atoms with E-state index in [1.54, 1.807) is 0 Å². The summed E-state index contributed by atoms with van der Waals surface area (Å²) in [6.45, 7) is 0.704. The molecule has 0 bridgehead atoms. The minimum absolute atomic E-state index is 0.0915. The molecule has 0 aliphatic carbocycles. The second kappa shape index (κ2) is 6.91. The van der Waals surface area contributed by atoms with Gasteiger partial charge in [0, 0.05) is 11.8 Å². The lowest BCUT2D eigenvalue weighted by atomic mass is 9.98. The van der Waals surface area contributed by atoms with E-state index in [9.17, 15) is 4.79 Å². The van der Waals surface area contributed by atoms with Crippen molar-refractivity contribution >= 4 is 34.9 Å². The summed E-state index contributed by atoms with van der Waals surface area (Å²) in [6.07, 6.45) is 2.41. The molecule has 3 nitrogen and oxygen atoms in total. The number of carbonyl (C=O) groups excluding carboxylic acids is 1. The topological polar surface area (TPSA) is 55.1 Å². The zero-order valence-electron chi connectivity index (χ0n) is 10.7. The van der Waals surface area contributed by atoms with Gasteiger partial charge in [-0.1, -0.05) is 42.5 Å². The van der Waals surface area contributed by atoms with E-state index in [2.05, 4.69) is 5.32 Å². The first kappa shape index (κ1) is 14.3. The van der Waals surface area contributed by atoms with Gasteiger partial charge in [-0.15, -0.1) is 0 Å². The largest absolute Gasteiger partial charge is 0.392 e. The Hall–Kier alpha value is -1.07. The van der Waals surface area contributed by atoms with Gasteiger partial charge in [-0.2, -0.15) is 11.8 Å². The van der Waals surface area contributed by atoms with E-state index in [4.69, 9.17) is 18.0 Å². The van der Waals surface area contributed by atoms with Crippen LogP contribution in [0.15, 0.2) is 30.3 Å². The van der Waals surface area contributed by atoms with Gasteiger partial charge in [-0.3, -0.25) is 4.79 Å². The number of hydrogen-bond acceptors (Lipinski definition) is 3. The molecule has 1 amide bonds. The number of amides is 1. The van der Waals surface area contributed by atoms with Gasteiger partial charge in [-0.05, 0) is 24.2 Å². The van der Waals surface area contributed by atoms with Crippen LogP contribution in [0.25, 0.3) is 0 Å². The van der Waals surface area contributed by atoms with Gasteiger partial charge >= 0.3 is 0 Å². The van der Waals surface area contributed by atoms with Gasteiger partial charge in [0.25, 0.3) is 0 Å². The third-order valence-electron chi connectivity index (χ3n) is 3.21. The summed E-state index contributed by atoms with van der Waals surface area (Å²) < 4.78 is 0. The highest BCUT2D eigenvalue weighted by atomic mass is 32.2. The van der Waals surface area contributed by atoms with Crippen LogP contribution in [-0.2, 0) is 4.79 Å². The van der Waals surface area contributed by atoms with Crippen molar-refractivity contribution in [3.05, 3.63) is 35.9 Å². The lowest BCUT2D eigenvalue weighted by molar-refractivity contribution is -0.121. The number of hydrogen-bond donors (Lipinski definition) is 2. The van der Waals surface area contributed by atoms with Crippen LogP contribution in [0.3, 0.4) is 0 Å². The van der Waals surface area contributed by atoms with Crippen LogP contribution in [0.4, 0.5) is 0 Å². The Morgan fingerprint density at radius 1 is 1.47 bits per heavy atom. The predicted octanol–water partition coefficient (Wildman–Crippen LogP) is 2.07. The van der Waals surface area contributed by atoms with Crippen LogP contribution < -0.4 is 11.1 Å². The average molecular weight is 294 g/mol. The van der Waals surface area contributed by atoms with Crippen LogP contribution in [0.1, 0.15) is 24.3 Å². The molecule has 3 N–H and O–H groups in total. The summed E-state index contributed by atoms with van der Waals surface area (Å²) in [6, 6.07) is 9.45. The van der Waals surface area contributed by atoms with E-state index in [0.29, 0.717) is 11.8 Å². The highest BCUT2D eigenvalue weighted by Crippen LogP contribution is 2.25. The lowest BCUT2D eigenvalue weighted by Crippen LogP contribution is -2.38. The van der Waals surface area contributed by atoms with Crippen molar-refractivity contribution in [3.63, 3.8) is 0 Å². The second-order valence-corrected chi connectivity index (χ2v) is 6.51. The molecule has 5 heteroatoms. The van der Waals surface area contributed by atoms with E-state index in [1.807, 2.05) is 42.1 Å². The van der Waals surface area contributed by atoms with Gasteiger partial charge in [0.1, 0.15) is 5.92 Å². The number of thioether (sulfide) groups is 1. The smallest absolute Gasteiger partial charge is 0.234 e. The normalized spacial score (nSPS) is 19.9. The van der Waals surface area contributed by atoms with E-state index in [-0.39, 0.29) is 10.9 Å². The summed E-state index contributed by atoms with van der Waals surface area (Å²) >= 11 is 6.96. The number of benzene rings is 1. The summed E-state index contributed by atoms with van der Waals surface area (Å²) in [5.41, 5.74) is 6.57. The Balaban J connectivity index is 1.98. The first-order valence-electron chi connectivity index (χ1n) is 6.42. The fraction of sp³-hybridized carbons (Fsp3) is 0.429. The Morgan fingerprint density at radius 2 is 2.21 bits per heavy atom. The van der Waals surface area contributed by atoms with Gasteiger partial charge in [0.2, 0.25) is 5.91 Å².